The van der Waals surface area contributed by atoms with Gasteiger partial charge in [-0.2, -0.15) is 0 Å². The van der Waals surface area contributed by atoms with Crippen LogP contribution in [0.25, 0.3) is 0 Å². The lowest BCUT2D eigenvalue weighted by Gasteiger charge is -2.14. The molecule has 2 aromatic rings. The van der Waals surface area contributed by atoms with E-state index in [0.29, 0.717) is 16.3 Å². The van der Waals surface area contributed by atoms with Gasteiger partial charge in [-0.25, -0.2) is 0 Å². The van der Waals surface area contributed by atoms with E-state index >= 15 is 0 Å². The van der Waals surface area contributed by atoms with Gasteiger partial charge in [-0.15, -0.1) is 0 Å². The largest absolute Gasteiger partial charge is 0.398 e. The number of amides is 1. The fraction of sp³-hybridized carbons (Fsp3) is 0.143. The fourth-order valence-electron chi connectivity index (χ4n) is 1.68. The third-order valence-corrected chi connectivity index (χ3v) is 3.14. The van der Waals surface area contributed by atoms with Gasteiger partial charge in [0.2, 0.25) is 0 Å². The van der Waals surface area contributed by atoms with Gasteiger partial charge >= 0.3 is 0 Å². The molecule has 5 heteroatoms. The average Bonchev–Trinajstić information content (AvgIpc) is 2.42. The average molecular weight is 276 g/mol. The number of nitrogens with one attached hydrogen (secondary N) is 1. The van der Waals surface area contributed by atoms with E-state index in [1.165, 1.54) is 0 Å². The quantitative estimate of drug-likeness (QED) is 0.847. The van der Waals surface area contributed by atoms with Crippen LogP contribution < -0.4 is 11.1 Å². The summed E-state index contributed by atoms with van der Waals surface area (Å²) < 4.78 is 0. The zero-order chi connectivity index (χ0) is 13.8. The maximum absolute atomic E-state index is 12.1. The molecule has 0 saturated heterocycles. The van der Waals surface area contributed by atoms with Crippen LogP contribution in [0.5, 0.6) is 0 Å². The summed E-state index contributed by atoms with van der Waals surface area (Å²) in [5.41, 5.74) is 7.55. The lowest BCUT2D eigenvalue weighted by molar-refractivity contribution is 0.0940. The zero-order valence-electron chi connectivity index (χ0n) is 10.4. The normalized spacial score (nSPS) is 11.9. The van der Waals surface area contributed by atoms with Crippen molar-refractivity contribution in [3.63, 3.8) is 0 Å². The van der Waals surface area contributed by atoms with Gasteiger partial charge in [0.25, 0.3) is 5.91 Å². The highest BCUT2D eigenvalue weighted by atomic mass is 35.5. The predicted octanol–water partition coefficient (Wildman–Crippen LogP) is 2.81. The fourth-order valence-corrected chi connectivity index (χ4v) is 1.86. The number of hydrogen-bond donors (Lipinski definition) is 2. The molecule has 1 atom stereocenters. The Hall–Kier alpha value is -2.07. The number of nitrogens with two attached hydrogens (primary N) is 1. The molecule has 1 aromatic heterocycles. The third kappa shape index (κ3) is 3.23. The summed E-state index contributed by atoms with van der Waals surface area (Å²) in [7, 11) is 0. The Labute approximate surface area is 116 Å². The summed E-state index contributed by atoms with van der Waals surface area (Å²) >= 11 is 5.90. The minimum Gasteiger partial charge on any atom is -0.398 e. The molecule has 0 spiro atoms. The molecule has 0 bridgehead atoms. The number of rotatable bonds is 3. The Morgan fingerprint density at radius 1 is 1.32 bits per heavy atom. The van der Waals surface area contributed by atoms with Gasteiger partial charge in [-0.1, -0.05) is 11.6 Å². The lowest BCUT2D eigenvalue weighted by atomic mass is 10.1. The first-order chi connectivity index (χ1) is 9.08. The second kappa shape index (κ2) is 5.71. The van der Waals surface area contributed by atoms with E-state index in [-0.39, 0.29) is 11.9 Å². The van der Waals surface area contributed by atoms with E-state index < -0.39 is 0 Å². The van der Waals surface area contributed by atoms with Gasteiger partial charge in [-0.3, -0.25) is 9.78 Å². The molecule has 1 aromatic carbocycles. The molecule has 1 unspecified atom stereocenters. The second-order valence-electron chi connectivity index (χ2n) is 4.21. The van der Waals surface area contributed by atoms with Crippen molar-refractivity contribution in [2.75, 3.05) is 5.73 Å². The molecule has 3 N–H and O–H groups in total. The number of carbonyl (C=O) groups is 1. The van der Waals surface area contributed by atoms with Crippen LogP contribution in [-0.4, -0.2) is 10.9 Å². The molecule has 1 heterocycles. The monoisotopic (exact) mass is 275 g/mol. The van der Waals surface area contributed by atoms with E-state index in [9.17, 15) is 4.79 Å². The van der Waals surface area contributed by atoms with Gasteiger partial charge in [-0.05, 0) is 42.8 Å². The van der Waals surface area contributed by atoms with Crippen molar-refractivity contribution >= 4 is 23.2 Å². The predicted molar refractivity (Wildman–Crippen MR) is 76.0 cm³/mol. The smallest absolute Gasteiger partial charge is 0.251 e. The number of aromatic nitrogens is 1. The number of benzene rings is 1. The SMILES string of the molecule is CC(NC(=O)c1ccc(N)c(Cl)c1)c1ccncc1. The summed E-state index contributed by atoms with van der Waals surface area (Å²) in [6.45, 7) is 1.91. The second-order valence-corrected chi connectivity index (χ2v) is 4.62. The number of anilines is 1. The summed E-state index contributed by atoms with van der Waals surface area (Å²) in [4.78, 5) is 16.0. The first-order valence-electron chi connectivity index (χ1n) is 5.83. The minimum absolute atomic E-state index is 0.105. The van der Waals surface area contributed by atoms with E-state index in [4.69, 9.17) is 17.3 Å². The Bertz CT molecular complexity index is 586. The van der Waals surface area contributed by atoms with Crippen molar-refractivity contribution in [1.29, 1.82) is 0 Å². The molecular weight excluding hydrogens is 262 g/mol. The first kappa shape index (κ1) is 13.4. The van der Waals surface area contributed by atoms with Crippen LogP contribution in [0, 0.1) is 0 Å². The van der Waals surface area contributed by atoms with E-state index in [0.717, 1.165) is 5.56 Å². The first-order valence-corrected chi connectivity index (χ1v) is 6.21. The molecule has 4 nitrogen and oxygen atoms in total. The van der Waals surface area contributed by atoms with Crippen molar-refractivity contribution in [3.8, 4) is 0 Å². The maximum Gasteiger partial charge on any atom is 0.251 e. The number of hydrogen-bond acceptors (Lipinski definition) is 3. The van der Waals surface area contributed by atoms with Gasteiger partial charge < -0.3 is 11.1 Å². The Morgan fingerprint density at radius 3 is 2.63 bits per heavy atom. The van der Waals surface area contributed by atoms with Crippen molar-refractivity contribution in [1.82, 2.24) is 10.3 Å². The molecule has 0 aliphatic rings. The Kier molecular flexibility index (Phi) is 4.02. The summed E-state index contributed by atoms with van der Waals surface area (Å²) in [5.74, 6) is -0.189. The van der Waals surface area contributed by atoms with E-state index in [1.54, 1.807) is 30.6 Å². The topological polar surface area (TPSA) is 68.0 Å². The van der Waals surface area contributed by atoms with E-state index in [2.05, 4.69) is 10.3 Å². The molecule has 0 saturated carbocycles. The van der Waals surface area contributed by atoms with Gasteiger partial charge in [0.15, 0.2) is 0 Å². The number of nitrogens with zero attached hydrogens (tertiary/aromatic N) is 1. The molecule has 19 heavy (non-hydrogen) atoms. The van der Waals surface area contributed by atoms with Crippen LogP contribution >= 0.6 is 11.6 Å². The molecule has 0 fully saturated rings. The molecule has 0 radical (unpaired) electrons. The number of nitrogen functional groups attached to an aromatic ring is 1. The standard InChI is InChI=1S/C14H14ClN3O/c1-9(10-4-6-17-7-5-10)18-14(19)11-2-3-13(16)12(15)8-11/h2-9H,16H2,1H3,(H,18,19). The summed E-state index contributed by atoms with van der Waals surface area (Å²) in [5, 5.41) is 3.27. The molecule has 2 rings (SSSR count). The van der Waals surface area contributed by atoms with Crippen molar-refractivity contribution in [2.45, 2.75) is 13.0 Å². The van der Waals surface area contributed by atoms with Crippen LogP contribution in [0.1, 0.15) is 28.9 Å². The third-order valence-electron chi connectivity index (χ3n) is 2.82. The Morgan fingerprint density at radius 2 is 2.00 bits per heavy atom. The Balaban J connectivity index is 2.11. The van der Waals surface area contributed by atoms with Crippen LogP contribution in [0.4, 0.5) is 5.69 Å². The summed E-state index contributed by atoms with van der Waals surface area (Å²) in [6, 6.07) is 8.45. The van der Waals surface area contributed by atoms with Crippen LogP contribution in [-0.2, 0) is 0 Å². The minimum atomic E-state index is -0.189. The van der Waals surface area contributed by atoms with Crippen molar-refractivity contribution in [3.05, 3.63) is 58.9 Å². The number of halogens is 1. The zero-order valence-corrected chi connectivity index (χ0v) is 11.2. The summed E-state index contributed by atoms with van der Waals surface area (Å²) in [6.07, 6.45) is 3.39. The highest BCUT2D eigenvalue weighted by Crippen LogP contribution is 2.20. The van der Waals surface area contributed by atoms with Crippen molar-refractivity contribution in [2.24, 2.45) is 0 Å². The van der Waals surface area contributed by atoms with Crippen molar-refractivity contribution < 1.29 is 4.79 Å². The highest BCUT2D eigenvalue weighted by Gasteiger charge is 2.12. The lowest BCUT2D eigenvalue weighted by Crippen LogP contribution is -2.26. The molecule has 0 aliphatic heterocycles. The van der Waals surface area contributed by atoms with Crippen LogP contribution in [0.15, 0.2) is 42.7 Å². The van der Waals surface area contributed by atoms with Crippen LogP contribution in [0.2, 0.25) is 5.02 Å². The van der Waals surface area contributed by atoms with E-state index in [1.807, 2.05) is 19.1 Å². The van der Waals surface area contributed by atoms with Crippen LogP contribution in [0.3, 0.4) is 0 Å². The molecule has 0 aliphatic carbocycles. The number of carbonyl (C=O) groups excluding carboxylic acids is 1. The molecule has 98 valence electrons. The number of pyridine rings is 1. The molecule has 1 amide bonds. The van der Waals surface area contributed by atoms with Gasteiger partial charge in [0.1, 0.15) is 0 Å². The molecular formula is C14H14ClN3O. The van der Waals surface area contributed by atoms with Gasteiger partial charge in [0, 0.05) is 18.0 Å². The highest BCUT2D eigenvalue weighted by molar-refractivity contribution is 6.33. The maximum atomic E-state index is 12.1. The van der Waals surface area contributed by atoms with Gasteiger partial charge in [0.05, 0.1) is 16.8 Å².